The molecular formula is C17H25N3O. The molecule has 1 saturated heterocycles. The first kappa shape index (κ1) is 13.4. The Balaban J connectivity index is 1.38. The molecule has 1 amide bonds. The molecule has 2 unspecified atom stereocenters. The number of fused-ring (bicyclic) bond motifs is 1. The summed E-state index contributed by atoms with van der Waals surface area (Å²) in [6.45, 7) is 2.97. The van der Waals surface area contributed by atoms with Crippen LogP contribution in [0.15, 0.2) is 12.5 Å². The molecule has 2 atom stereocenters. The van der Waals surface area contributed by atoms with Crippen molar-refractivity contribution in [3.05, 3.63) is 18.2 Å². The Labute approximate surface area is 126 Å². The molecule has 0 radical (unpaired) electrons. The van der Waals surface area contributed by atoms with Crippen LogP contribution in [-0.2, 0) is 17.8 Å². The zero-order valence-corrected chi connectivity index (χ0v) is 12.7. The molecule has 1 aliphatic carbocycles. The summed E-state index contributed by atoms with van der Waals surface area (Å²) in [5, 5.41) is 0. The number of imidazole rings is 1. The number of aromatic nitrogens is 2. The van der Waals surface area contributed by atoms with Gasteiger partial charge < -0.3 is 9.47 Å². The number of amides is 1. The lowest BCUT2D eigenvalue weighted by Crippen LogP contribution is -2.38. The summed E-state index contributed by atoms with van der Waals surface area (Å²) < 4.78 is 2.19. The SMILES string of the molecule is O=C(C1CCn2cncc2C1)N1CCC(C2CCCC2)C1. The quantitative estimate of drug-likeness (QED) is 0.838. The average Bonchev–Trinajstić information content (AvgIpc) is 3.24. The molecule has 2 aliphatic heterocycles. The second kappa shape index (κ2) is 5.47. The first-order valence-corrected chi connectivity index (χ1v) is 8.59. The molecule has 4 nitrogen and oxygen atoms in total. The lowest BCUT2D eigenvalue weighted by atomic mass is 9.90. The summed E-state index contributed by atoms with van der Waals surface area (Å²) in [7, 11) is 0. The lowest BCUT2D eigenvalue weighted by Gasteiger charge is -2.28. The second-order valence-electron chi connectivity index (χ2n) is 7.15. The van der Waals surface area contributed by atoms with Crippen LogP contribution in [0.25, 0.3) is 0 Å². The molecule has 0 aromatic carbocycles. The molecular weight excluding hydrogens is 262 g/mol. The van der Waals surface area contributed by atoms with Gasteiger partial charge in [0.15, 0.2) is 0 Å². The molecule has 4 rings (SSSR count). The van der Waals surface area contributed by atoms with Crippen molar-refractivity contribution in [1.29, 1.82) is 0 Å². The van der Waals surface area contributed by atoms with Crippen LogP contribution in [0.2, 0.25) is 0 Å². The summed E-state index contributed by atoms with van der Waals surface area (Å²) in [5.74, 6) is 2.28. The zero-order valence-electron chi connectivity index (χ0n) is 12.7. The van der Waals surface area contributed by atoms with Gasteiger partial charge in [0.2, 0.25) is 5.91 Å². The highest BCUT2D eigenvalue weighted by Crippen LogP contribution is 2.37. The van der Waals surface area contributed by atoms with Crippen molar-refractivity contribution in [2.45, 2.75) is 51.5 Å². The van der Waals surface area contributed by atoms with Crippen molar-refractivity contribution in [2.75, 3.05) is 13.1 Å². The first-order valence-electron chi connectivity index (χ1n) is 8.59. The van der Waals surface area contributed by atoms with Crippen LogP contribution in [0, 0.1) is 17.8 Å². The normalized spacial score (nSPS) is 29.8. The number of carbonyl (C=O) groups is 1. The third-order valence-corrected chi connectivity index (χ3v) is 5.92. The number of likely N-dealkylation sites (tertiary alicyclic amines) is 1. The smallest absolute Gasteiger partial charge is 0.226 e. The summed E-state index contributed by atoms with van der Waals surface area (Å²) in [4.78, 5) is 19.2. The Morgan fingerprint density at radius 1 is 1.10 bits per heavy atom. The molecule has 2 fully saturated rings. The second-order valence-corrected chi connectivity index (χ2v) is 7.15. The monoisotopic (exact) mass is 287 g/mol. The molecule has 114 valence electrons. The van der Waals surface area contributed by atoms with E-state index in [1.807, 2.05) is 12.5 Å². The molecule has 0 bridgehead atoms. The molecule has 21 heavy (non-hydrogen) atoms. The molecule has 3 aliphatic rings. The predicted molar refractivity (Wildman–Crippen MR) is 80.7 cm³/mol. The van der Waals surface area contributed by atoms with Gasteiger partial charge in [-0.3, -0.25) is 4.79 Å². The number of carbonyl (C=O) groups excluding carboxylic acids is 1. The Morgan fingerprint density at radius 3 is 2.81 bits per heavy atom. The van der Waals surface area contributed by atoms with Gasteiger partial charge in [-0.05, 0) is 24.7 Å². The van der Waals surface area contributed by atoms with E-state index in [1.54, 1.807) is 0 Å². The van der Waals surface area contributed by atoms with E-state index in [2.05, 4.69) is 14.5 Å². The third kappa shape index (κ3) is 2.49. The van der Waals surface area contributed by atoms with Crippen LogP contribution in [0.1, 0.15) is 44.2 Å². The minimum Gasteiger partial charge on any atom is -0.342 e. The van der Waals surface area contributed by atoms with E-state index in [0.717, 1.165) is 44.3 Å². The highest BCUT2D eigenvalue weighted by molar-refractivity contribution is 5.79. The van der Waals surface area contributed by atoms with Gasteiger partial charge in [0, 0.05) is 43.9 Å². The van der Waals surface area contributed by atoms with E-state index >= 15 is 0 Å². The van der Waals surface area contributed by atoms with Crippen LogP contribution in [0.5, 0.6) is 0 Å². The van der Waals surface area contributed by atoms with Crippen molar-refractivity contribution >= 4 is 5.91 Å². The molecule has 1 aromatic heterocycles. The summed E-state index contributed by atoms with van der Waals surface area (Å²) in [6.07, 6.45) is 12.5. The van der Waals surface area contributed by atoms with Gasteiger partial charge in [0.05, 0.1) is 6.33 Å². The molecule has 1 aromatic rings. The van der Waals surface area contributed by atoms with Gasteiger partial charge in [-0.1, -0.05) is 25.7 Å². The average molecular weight is 287 g/mol. The third-order valence-electron chi connectivity index (χ3n) is 5.92. The van der Waals surface area contributed by atoms with Gasteiger partial charge in [-0.25, -0.2) is 4.98 Å². The van der Waals surface area contributed by atoms with E-state index in [9.17, 15) is 4.79 Å². The summed E-state index contributed by atoms with van der Waals surface area (Å²) >= 11 is 0. The predicted octanol–water partition coefficient (Wildman–Crippen LogP) is 2.48. The fourth-order valence-electron chi connectivity index (χ4n) is 4.64. The van der Waals surface area contributed by atoms with E-state index in [0.29, 0.717) is 5.91 Å². The largest absolute Gasteiger partial charge is 0.342 e. The topological polar surface area (TPSA) is 38.1 Å². The molecule has 4 heteroatoms. The van der Waals surface area contributed by atoms with Crippen molar-refractivity contribution in [1.82, 2.24) is 14.5 Å². The van der Waals surface area contributed by atoms with Gasteiger partial charge in [-0.15, -0.1) is 0 Å². The van der Waals surface area contributed by atoms with Crippen LogP contribution in [0.3, 0.4) is 0 Å². The number of nitrogens with zero attached hydrogens (tertiary/aromatic N) is 3. The summed E-state index contributed by atoms with van der Waals surface area (Å²) in [6, 6.07) is 0. The van der Waals surface area contributed by atoms with Crippen LogP contribution in [-0.4, -0.2) is 33.4 Å². The van der Waals surface area contributed by atoms with E-state index in [-0.39, 0.29) is 5.92 Å². The Bertz CT molecular complexity index is 518. The van der Waals surface area contributed by atoms with Crippen molar-refractivity contribution in [2.24, 2.45) is 17.8 Å². The van der Waals surface area contributed by atoms with Crippen LogP contribution >= 0.6 is 0 Å². The fourth-order valence-corrected chi connectivity index (χ4v) is 4.64. The molecule has 3 heterocycles. The summed E-state index contributed by atoms with van der Waals surface area (Å²) in [5.41, 5.74) is 1.23. The van der Waals surface area contributed by atoms with Crippen molar-refractivity contribution in [3.63, 3.8) is 0 Å². The minimum absolute atomic E-state index is 0.191. The van der Waals surface area contributed by atoms with Crippen molar-refractivity contribution in [3.8, 4) is 0 Å². The standard InChI is InChI=1S/C17H25N3O/c21-17(14-5-8-20-12-18-10-16(20)9-14)19-7-6-15(11-19)13-3-1-2-4-13/h10,12-15H,1-9,11H2. The lowest BCUT2D eigenvalue weighted by molar-refractivity contribution is -0.135. The molecule has 0 N–H and O–H groups in total. The molecule has 1 saturated carbocycles. The maximum Gasteiger partial charge on any atom is 0.226 e. The maximum absolute atomic E-state index is 12.8. The van der Waals surface area contributed by atoms with Gasteiger partial charge in [0.1, 0.15) is 0 Å². The number of aryl methyl sites for hydroxylation is 1. The number of rotatable bonds is 2. The highest BCUT2D eigenvalue weighted by atomic mass is 16.2. The Hall–Kier alpha value is -1.32. The van der Waals surface area contributed by atoms with E-state index < -0.39 is 0 Å². The Morgan fingerprint density at radius 2 is 1.95 bits per heavy atom. The maximum atomic E-state index is 12.8. The first-order chi connectivity index (χ1) is 10.3. The van der Waals surface area contributed by atoms with Crippen LogP contribution < -0.4 is 0 Å². The number of hydrogen-bond donors (Lipinski definition) is 0. The van der Waals surface area contributed by atoms with Gasteiger partial charge in [-0.2, -0.15) is 0 Å². The van der Waals surface area contributed by atoms with Gasteiger partial charge >= 0.3 is 0 Å². The number of hydrogen-bond acceptors (Lipinski definition) is 2. The minimum atomic E-state index is 0.191. The van der Waals surface area contributed by atoms with E-state index in [1.165, 1.54) is 37.8 Å². The zero-order chi connectivity index (χ0) is 14.2. The Kier molecular flexibility index (Phi) is 3.48. The van der Waals surface area contributed by atoms with Gasteiger partial charge in [0.25, 0.3) is 0 Å². The fraction of sp³-hybridized carbons (Fsp3) is 0.765. The van der Waals surface area contributed by atoms with Crippen LogP contribution in [0.4, 0.5) is 0 Å². The van der Waals surface area contributed by atoms with E-state index in [4.69, 9.17) is 0 Å². The molecule has 0 spiro atoms. The van der Waals surface area contributed by atoms with Crippen molar-refractivity contribution < 1.29 is 4.79 Å². The highest BCUT2D eigenvalue weighted by Gasteiger charge is 2.36.